The lowest BCUT2D eigenvalue weighted by Crippen LogP contribution is -2.39. The van der Waals surface area contributed by atoms with Gasteiger partial charge in [-0.25, -0.2) is 0 Å². The highest BCUT2D eigenvalue weighted by Crippen LogP contribution is 2.37. The Balaban J connectivity index is 1.92. The third kappa shape index (κ3) is 3.60. The number of benzene rings is 1. The molecule has 2 aromatic rings. The molecule has 0 radical (unpaired) electrons. The maximum absolute atomic E-state index is 12.9. The number of amides is 1. The number of hydrogen-bond acceptors (Lipinski definition) is 5. The van der Waals surface area contributed by atoms with E-state index in [0.717, 1.165) is 23.5 Å². The quantitative estimate of drug-likeness (QED) is 0.670. The lowest BCUT2D eigenvalue weighted by Gasteiger charge is -2.31. The van der Waals surface area contributed by atoms with Crippen LogP contribution in [0.3, 0.4) is 0 Å². The summed E-state index contributed by atoms with van der Waals surface area (Å²) < 4.78 is 5.84. The molecule has 2 heterocycles. The summed E-state index contributed by atoms with van der Waals surface area (Å²) in [6.45, 7) is 1.53. The predicted molar refractivity (Wildman–Crippen MR) is 99.3 cm³/mol. The summed E-state index contributed by atoms with van der Waals surface area (Å²) in [5.74, 6) is 0.885. The van der Waals surface area contributed by atoms with E-state index in [0.29, 0.717) is 23.7 Å². The van der Waals surface area contributed by atoms with Crippen LogP contribution in [0.1, 0.15) is 11.3 Å². The number of rotatable bonds is 5. The van der Waals surface area contributed by atoms with Crippen molar-refractivity contribution in [1.82, 2.24) is 4.90 Å². The largest absolute Gasteiger partial charge is 0.449 e. The first-order valence-electron chi connectivity index (χ1n) is 7.84. The minimum atomic E-state index is -0.125. The second-order valence-electron chi connectivity index (χ2n) is 5.97. The van der Waals surface area contributed by atoms with E-state index in [1.807, 2.05) is 37.7 Å². The van der Waals surface area contributed by atoms with Crippen LogP contribution in [0.2, 0.25) is 0 Å². The number of thiophene rings is 1. The average Bonchev–Trinajstić information content (AvgIpc) is 3.04. The van der Waals surface area contributed by atoms with Crippen molar-refractivity contribution in [2.24, 2.45) is 0 Å². The zero-order chi connectivity index (χ0) is 17.1. The number of hydrogen-bond donors (Lipinski definition) is 1. The molecule has 2 N–H and O–H groups in total. The Kier molecular flexibility index (Phi) is 4.87. The number of nitrogens with zero attached hydrogens (tertiary/aromatic N) is 2. The average molecular weight is 343 g/mol. The molecule has 0 spiro atoms. The number of carbonyl (C=O) groups excluding carboxylic acids is 1. The zero-order valence-corrected chi connectivity index (χ0v) is 14.7. The monoisotopic (exact) mass is 343 g/mol. The highest BCUT2D eigenvalue weighted by Gasteiger charge is 2.30. The van der Waals surface area contributed by atoms with Crippen molar-refractivity contribution in [2.45, 2.75) is 6.42 Å². The van der Waals surface area contributed by atoms with E-state index < -0.39 is 0 Å². The van der Waals surface area contributed by atoms with Crippen molar-refractivity contribution < 1.29 is 9.53 Å². The van der Waals surface area contributed by atoms with Crippen molar-refractivity contribution in [3.8, 4) is 5.75 Å². The molecule has 1 amide bonds. The standard InChI is InChI=1S/C18H21N3O2S/c1-20(2)8-4-9-21-15-11-13(19)6-7-16(15)23-17(18(21)22)12-14-5-3-10-24-14/h3,5-7,10-12H,4,8-9,19H2,1-2H3/b17-12+. The Morgan fingerprint density at radius 2 is 2.17 bits per heavy atom. The molecule has 5 nitrogen and oxygen atoms in total. The molecule has 6 heteroatoms. The Morgan fingerprint density at radius 3 is 2.88 bits per heavy atom. The lowest BCUT2D eigenvalue weighted by molar-refractivity contribution is -0.117. The van der Waals surface area contributed by atoms with Crippen LogP contribution in [0, 0.1) is 0 Å². The third-order valence-corrected chi connectivity index (χ3v) is 4.57. The second-order valence-corrected chi connectivity index (χ2v) is 6.95. The first kappa shape index (κ1) is 16.5. The summed E-state index contributed by atoms with van der Waals surface area (Å²) >= 11 is 1.57. The molecule has 0 aliphatic carbocycles. The van der Waals surface area contributed by atoms with Crippen molar-refractivity contribution in [1.29, 1.82) is 0 Å². The van der Waals surface area contributed by atoms with Crippen LogP contribution in [0.15, 0.2) is 41.5 Å². The van der Waals surface area contributed by atoms with E-state index in [1.54, 1.807) is 34.4 Å². The molecule has 1 aromatic heterocycles. The van der Waals surface area contributed by atoms with Gasteiger partial charge in [-0.3, -0.25) is 4.79 Å². The predicted octanol–water partition coefficient (Wildman–Crippen LogP) is 3.05. The summed E-state index contributed by atoms with van der Waals surface area (Å²) in [5.41, 5.74) is 7.25. The van der Waals surface area contributed by atoms with Crippen LogP contribution in [0.4, 0.5) is 11.4 Å². The van der Waals surface area contributed by atoms with E-state index in [9.17, 15) is 4.79 Å². The highest BCUT2D eigenvalue weighted by atomic mass is 32.1. The van der Waals surface area contributed by atoms with Gasteiger partial charge in [-0.15, -0.1) is 11.3 Å². The van der Waals surface area contributed by atoms with Crippen LogP contribution in [0.5, 0.6) is 5.75 Å². The molecule has 24 heavy (non-hydrogen) atoms. The zero-order valence-electron chi connectivity index (χ0n) is 13.9. The Labute approximate surface area is 145 Å². The minimum Gasteiger partial charge on any atom is -0.449 e. The van der Waals surface area contributed by atoms with Gasteiger partial charge in [0.25, 0.3) is 5.91 Å². The topological polar surface area (TPSA) is 58.8 Å². The summed E-state index contributed by atoms with van der Waals surface area (Å²) in [5, 5.41) is 1.98. The molecule has 126 valence electrons. The fourth-order valence-electron chi connectivity index (χ4n) is 2.60. The van der Waals surface area contributed by atoms with E-state index in [-0.39, 0.29) is 5.91 Å². The highest BCUT2D eigenvalue weighted by molar-refractivity contribution is 7.10. The molecule has 0 saturated carbocycles. The molecule has 0 bridgehead atoms. The smallest absolute Gasteiger partial charge is 0.294 e. The van der Waals surface area contributed by atoms with Crippen LogP contribution in [-0.4, -0.2) is 38.0 Å². The van der Waals surface area contributed by atoms with Crippen LogP contribution in [-0.2, 0) is 4.79 Å². The van der Waals surface area contributed by atoms with Crippen LogP contribution >= 0.6 is 11.3 Å². The van der Waals surface area contributed by atoms with E-state index in [4.69, 9.17) is 10.5 Å². The molecule has 3 rings (SSSR count). The van der Waals surface area contributed by atoms with Gasteiger partial charge in [0.1, 0.15) is 0 Å². The number of anilines is 2. The van der Waals surface area contributed by atoms with Crippen LogP contribution < -0.4 is 15.4 Å². The SMILES string of the molecule is CN(C)CCCN1C(=O)/C(=C\c2cccs2)Oc2ccc(N)cc21. The minimum absolute atomic E-state index is 0.125. The van der Waals surface area contributed by atoms with Gasteiger partial charge in [0.15, 0.2) is 11.5 Å². The van der Waals surface area contributed by atoms with Crippen molar-refractivity contribution >= 4 is 34.7 Å². The van der Waals surface area contributed by atoms with Crippen LogP contribution in [0.25, 0.3) is 6.08 Å². The van der Waals surface area contributed by atoms with Gasteiger partial charge in [-0.05, 0) is 56.7 Å². The molecule has 0 atom stereocenters. The number of carbonyl (C=O) groups is 1. The summed E-state index contributed by atoms with van der Waals surface area (Å²) in [6, 6.07) is 9.32. The maximum Gasteiger partial charge on any atom is 0.294 e. The molecule has 0 saturated heterocycles. The fourth-order valence-corrected chi connectivity index (χ4v) is 3.24. The van der Waals surface area contributed by atoms with Gasteiger partial charge in [0, 0.05) is 23.2 Å². The lowest BCUT2D eigenvalue weighted by atomic mass is 10.1. The Bertz CT molecular complexity index is 754. The van der Waals surface area contributed by atoms with Gasteiger partial charge in [0.05, 0.1) is 5.69 Å². The maximum atomic E-state index is 12.9. The van der Waals surface area contributed by atoms with E-state index in [2.05, 4.69) is 4.90 Å². The van der Waals surface area contributed by atoms with Crippen molar-refractivity contribution in [2.75, 3.05) is 37.8 Å². The van der Waals surface area contributed by atoms with Gasteiger partial charge in [0.2, 0.25) is 0 Å². The van der Waals surface area contributed by atoms with E-state index >= 15 is 0 Å². The molecule has 1 aromatic carbocycles. The van der Waals surface area contributed by atoms with Gasteiger partial charge in [-0.2, -0.15) is 0 Å². The number of ether oxygens (including phenoxy) is 1. The molecule has 1 aliphatic rings. The summed E-state index contributed by atoms with van der Waals surface area (Å²) in [7, 11) is 4.05. The first-order chi connectivity index (χ1) is 11.5. The third-order valence-electron chi connectivity index (χ3n) is 3.75. The summed E-state index contributed by atoms with van der Waals surface area (Å²) in [6.07, 6.45) is 2.67. The Morgan fingerprint density at radius 1 is 1.33 bits per heavy atom. The molecular weight excluding hydrogens is 322 g/mol. The molecular formula is C18H21N3O2S. The molecule has 0 fully saturated rings. The second kappa shape index (κ2) is 7.07. The first-order valence-corrected chi connectivity index (χ1v) is 8.72. The fraction of sp³-hybridized carbons (Fsp3) is 0.278. The van der Waals surface area contributed by atoms with Crippen molar-refractivity contribution in [3.63, 3.8) is 0 Å². The van der Waals surface area contributed by atoms with Crippen molar-refractivity contribution in [3.05, 3.63) is 46.3 Å². The van der Waals surface area contributed by atoms with Gasteiger partial charge in [-0.1, -0.05) is 6.07 Å². The van der Waals surface area contributed by atoms with E-state index in [1.165, 1.54) is 0 Å². The number of fused-ring (bicyclic) bond motifs is 1. The van der Waals surface area contributed by atoms with Gasteiger partial charge < -0.3 is 20.3 Å². The normalized spacial score (nSPS) is 15.7. The Hall–Kier alpha value is -2.31. The molecule has 0 unspecified atom stereocenters. The number of nitrogens with two attached hydrogens (primary N) is 1. The summed E-state index contributed by atoms with van der Waals surface area (Å²) in [4.78, 5) is 17.7. The molecule has 1 aliphatic heterocycles. The number of nitrogen functional groups attached to an aromatic ring is 1. The van der Waals surface area contributed by atoms with Gasteiger partial charge >= 0.3 is 0 Å².